The summed E-state index contributed by atoms with van der Waals surface area (Å²) in [4.78, 5) is 31.6. The summed E-state index contributed by atoms with van der Waals surface area (Å²) >= 11 is 0. The Balaban J connectivity index is 1.34. The first kappa shape index (κ1) is 19.4. The van der Waals surface area contributed by atoms with Gasteiger partial charge in [-0.25, -0.2) is 18.7 Å². The first-order valence-electron chi connectivity index (χ1n) is 10.2. The molecule has 1 aromatic carbocycles. The SMILES string of the molecule is Cc1cc2n(n1)CC[C@H](NC(=O)c1nc3n(n1)CC[C@H]3c1ccccc1F)C(=O)N2C. The number of anilines is 1. The lowest BCUT2D eigenvalue weighted by molar-refractivity contribution is -0.120. The molecular weight excluding hydrogens is 401 g/mol. The van der Waals surface area contributed by atoms with Crippen molar-refractivity contribution in [2.24, 2.45) is 0 Å². The topological polar surface area (TPSA) is 97.9 Å². The van der Waals surface area contributed by atoms with Crippen molar-refractivity contribution in [3.8, 4) is 0 Å². The van der Waals surface area contributed by atoms with Crippen LogP contribution in [0, 0.1) is 12.7 Å². The van der Waals surface area contributed by atoms with Crippen molar-refractivity contribution in [1.29, 1.82) is 0 Å². The zero-order valence-electron chi connectivity index (χ0n) is 17.2. The standard InChI is InChI=1S/C21H22FN7O2/c1-12-11-17-27(2)21(31)16(8-10-28(17)25-12)23-20(30)18-24-19-14(7-9-29(19)26-18)13-5-3-4-6-15(13)22/h3-6,11,14,16H,7-10H2,1-2H3,(H,23,30)/t14-,16-/m0/s1. The van der Waals surface area contributed by atoms with Crippen molar-refractivity contribution in [2.75, 3.05) is 11.9 Å². The molecule has 0 fully saturated rings. The molecule has 0 aliphatic carbocycles. The van der Waals surface area contributed by atoms with Crippen LogP contribution in [0.1, 0.15) is 46.5 Å². The fraction of sp³-hybridized carbons (Fsp3) is 0.381. The van der Waals surface area contributed by atoms with Gasteiger partial charge in [-0.2, -0.15) is 5.10 Å². The number of benzene rings is 1. The van der Waals surface area contributed by atoms with E-state index in [2.05, 4.69) is 20.5 Å². The summed E-state index contributed by atoms with van der Waals surface area (Å²) in [6.45, 7) is 2.93. The Morgan fingerprint density at radius 1 is 1.16 bits per heavy atom. The summed E-state index contributed by atoms with van der Waals surface area (Å²) < 4.78 is 17.7. The summed E-state index contributed by atoms with van der Waals surface area (Å²) in [7, 11) is 1.67. The molecule has 1 N–H and O–H groups in total. The summed E-state index contributed by atoms with van der Waals surface area (Å²) in [6.07, 6.45) is 1.09. The van der Waals surface area contributed by atoms with Crippen LogP contribution in [0.2, 0.25) is 0 Å². The molecule has 4 heterocycles. The van der Waals surface area contributed by atoms with Crippen molar-refractivity contribution in [3.05, 3.63) is 59.1 Å². The minimum atomic E-state index is -0.708. The van der Waals surface area contributed by atoms with Crippen LogP contribution < -0.4 is 10.2 Å². The van der Waals surface area contributed by atoms with E-state index >= 15 is 0 Å². The van der Waals surface area contributed by atoms with Gasteiger partial charge in [-0.3, -0.25) is 14.5 Å². The van der Waals surface area contributed by atoms with E-state index in [-0.39, 0.29) is 23.5 Å². The van der Waals surface area contributed by atoms with Gasteiger partial charge in [0.05, 0.1) is 5.69 Å². The monoisotopic (exact) mass is 423 g/mol. The molecule has 31 heavy (non-hydrogen) atoms. The molecule has 2 aliphatic rings. The number of nitrogens with one attached hydrogen (secondary N) is 1. The number of carbonyl (C=O) groups is 2. The Morgan fingerprint density at radius 3 is 2.74 bits per heavy atom. The van der Waals surface area contributed by atoms with Crippen molar-refractivity contribution in [2.45, 2.75) is 44.8 Å². The number of rotatable bonds is 3. The molecule has 5 rings (SSSR count). The Bertz CT molecular complexity index is 1180. The van der Waals surface area contributed by atoms with E-state index < -0.39 is 11.9 Å². The van der Waals surface area contributed by atoms with Crippen molar-refractivity contribution >= 4 is 17.6 Å². The Labute approximate surface area is 177 Å². The van der Waals surface area contributed by atoms with Crippen LogP contribution in [-0.2, 0) is 17.9 Å². The van der Waals surface area contributed by atoms with Crippen LogP contribution in [-0.4, -0.2) is 49.4 Å². The third-order valence-electron chi connectivity index (χ3n) is 5.91. The number of amides is 2. The first-order chi connectivity index (χ1) is 14.9. The van der Waals surface area contributed by atoms with E-state index in [1.807, 2.05) is 13.0 Å². The van der Waals surface area contributed by atoms with Crippen molar-refractivity contribution in [1.82, 2.24) is 29.9 Å². The maximum Gasteiger partial charge on any atom is 0.291 e. The molecule has 0 spiro atoms. The number of carbonyl (C=O) groups excluding carboxylic acids is 2. The molecule has 160 valence electrons. The predicted octanol–water partition coefficient (Wildman–Crippen LogP) is 1.62. The van der Waals surface area contributed by atoms with E-state index in [0.717, 1.165) is 5.69 Å². The second-order valence-electron chi connectivity index (χ2n) is 7.96. The van der Waals surface area contributed by atoms with Crippen LogP contribution in [0.25, 0.3) is 0 Å². The number of likely N-dealkylation sites (N-methyl/N-ethyl adjacent to an activating group) is 1. The molecule has 0 saturated carbocycles. The zero-order chi connectivity index (χ0) is 21.7. The lowest BCUT2D eigenvalue weighted by Crippen LogP contribution is -2.47. The average molecular weight is 423 g/mol. The zero-order valence-corrected chi connectivity index (χ0v) is 17.2. The van der Waals surface area contributed by atoms with E-state index in [4.69, 9.17) is 0 Å². The van der Waals surface area contributed by atoms with Gasteiger partial charge in [0.15, 0.2) is 0 Å². The number of aryl methyl sites for hydroxylation is 3. The van der Waals surface area contributed by atoms with Gasteiger partial charge in [-0.05, 0) is 31.4 Å². The largest absolute Gasteiger partial charge is 0.337 e. The number of aromatic nitrogens is 5. The lowest BCUT2D eigenvalue weighted by atomic mass is 9.97. The highest BCUT2D eigenvalue weighted by atomic mass is 19.1. The third-order valence-corrected chi connectivity index (χ3v) is 5.91. The molecule has 2 amide bonds. The lowest BCUT2D eigenvalue weighted by Gasteiger charge is -2.19. The molecule has 2 aromatic heterocycles. The number of hydrogen-bond acceptors (Lipinski definition) is 5. The van der Waals surface area contributed by atoms with E-state index in [9.17, 15) is 14.0 Å². The molecule has 0 unspecified atom stereocenters. The van der Waals surface area contributed by atoms with Gasteiger partial charge in [0.2, 0.25) is 5.82 Å². The fourth-order valence-corrected chi connectivity index (χ4v) is 4.35. The number of nitrogens with zero attached hydrogens (tertiary/aromatic N) is 6. The molecule has 2 atom stereocenters. The summed E-state index contributed by atoms with van der Waals surface area (Å²) in [5.41, 5.74) is 1.38. The highest BCUT2D eigenvalue weighted by Crippen LogP contribution is 2.34. The van der Waals surface area contributed by atoms with Gasteiger partial charge in [-0.15, -0.1) is 5.10 Å². The molecule has 3 aromatic rings. The highest BCUT2D eigenvalue weighted by molar-refractivity contribution is 6.00. The summed E-state index contributed by atoms with van der Waals surface area (Å²) in [5, 5.41) is 11.5. The molecular formula is C21H22FN7O2. The first-order valence-corrected chi connectivity index (χ1v) is 10.2. The molecule has 0 bridgehead atoms. The molecule has 9 nitrogen and oxygen atoms in total. The molecule has 2 aliphatic heterocycles. The second-order valence-corrected chi connectivity index (χ2v) is 7.96. The maximum atomic E-state index is 14.3. The number of halogens is 1. The quantitative estimate of drug-likeness (QED) is 0.691. The molecule has 10 heteroatoms. The molecule has 0 radical (unpaired) electrons. The summed E-state index contributed by atoms with van der Waals surface area (Å²) in [5.74, 6) is -0.0268. The number of fused-ring (bicyclic) bond motifs is 2. The van der Waals surface area contributed by atoms with Crippen LogP contribution >= 0.6 is 0 Å². The Hall–Kier alpha value is -3.56. The van der Waals surface area contributed by atoms with Gasteiger partial charge < -0.3 is 5.32 Å². The van der Waals surface area contributed by atoms with Crippen molar-refractivity contribution in [3.63, 3.8) is 0 Å². The van der Waals surface area contributed by atoms with Crippen LogP contribution in [0.3, 0.4) is 0 Å². The minimum absolute atomic E-state index is 0.00989. The fourth-order valence-electron chi connectivity index (χ4n) is 4.35. The molecule has 0 saturated heterocycles. The summed E-state index contributed by atoms with van der Waals surface area (Å²) in [6, 6.07) is 7.71. The maximum absolute atomic E-state index is 14.3. The van der Waals surface area contributed by atoms with Crippen LogP contribution in [0.4, 0.5) is 10.2 Å². The van der Waals surface area contributed by atoms with Crippen LogP contribution in [0.15, 0.2) is 30.3 Å². The number of hydrogen-bond donors (Lipinski definition) is 1. The van der Waals surface area contributed by atoms with Crippen LogP contribution in [0.5, 0.6) is 0 Å². The highest BCUT2D eigenvalue weighted by Gasteiger charge is 2.34. The second kappa shape index (κ2) is 7.29. The van der Waals surface area contributed by atoms with Gasteiger partial charge in [-0.1, -0.05) is 18.2 Å². The van der Waals surface area contributed by atoms with Gasteiger partial charge in [0.1, 0.15) is 23.5 Å². The van der Waals surface area contributed by atoms with E-state index in [1.165, 1.54) is 11.0 Å². The smallest absolute Gasteiger partial charge is 0.291 e. The Kier molecular flexibility index (Phi) is 4.57. The average Bonchev–Trinajstić information content (AvgIpc) is 3.42. The normalized spacial score (nSPS) is 20.4. The van der Waals surface area contributed by atoms with Crippen molar-refractivity contribution < 1.29 is 14.0 Å². The van der Waals surface area contributed by atoms with E-state index in [1.54, 1.807) is 34.6 Å². The van der Waals surface area contributed by atoms with Gasteiger partial charge in [0, 0.05) is 32.1 Å². The third kappa shape index (κ3) is 3.28. The minimum Gasteiger partial charge on any atom is -0.337 e. The Morgan fingerprint density at radius 2 is 1.94 bits per heavy atom. The predicted molar refractivity (Wildman–Crippen MR) is 109 cm³/mol. The van der Waals surface area contributed by atoms with Gasteiger partial charge in [0.25, 0.3) is 11.8 Å². The van der Waals surface area contributed by atoms with E-state index in [0.29, 0.717) is 43.1 Å². The van der Waals surface area contributed by atoms with Gasteiger partial charge >= 0.3 is 0 Å².